The van der Waals surface area contributed by atoms with Crippen LogP contribution in [-0.4, -0.2) is 30.8 Å². The molecule has 1 aliphatic carbocycles. The number of nitrogens with zero attached hydrogens (tertiary/aromatic N) is 4. The first kappa shape index (κ1) is 17.0. The van der Waals surface area contributed by atoms with Crippen LogP contribution in [0.2, 0.25) is 0 Å². The summed E-state index contributed by atoms with van der Waals surface area (Å²) in [5.41, 5.74) is 3.06. The molecule has 0 aliphatic heterocycles. The summed E-state index contributed by atoms with van der Waals surface area (Å²) in [7, 11) is 0. The maximum atomic E-state index is 13.3. The van der Waals surface area contributed by atoms with Gasteiger partial charge >= 0.3 is 0 Å². The summed E-state index contributed by atoms with van der Waals surface area (Å²) in [5, 5.41) is 13.8. The number of aromatic nitrogens is 4. The molecule has 0 aromatic carbocycles. The Labute approximate surface area is 139 Å². The Morgan fingerprint density at radius 3 is 2.42 bits per heavy atom. The zero-order valence-corrected chi connectivity index (χ0v) is 14.0. The van der Waals surface area contributed by atoms with Crippen molar-refractivity contribution >= 4 is 0 Å². The molecule has 0 amide bonds. The second-order valence-electron chi connectivity index (χ2n) is 6.65. The molecule has 2 heterocycles. The van der Waals surface area contributed by atoms with Crippen molar-refractivity contribution in [1.82, 2.24) is 19.7 Å². The lowest BCUT2D eigenvalue weighted by atomic mass is 9.84. The Hall–Kier alpha value is -1.89. The summed E-state index contributed by atoms with van der Waals surface area (Å²) in [6.45, 7) is 3.62. The van der Waals surface area contributed by atoms with Crippen molar-refractivity contribution < 1.29 is 13.9 Å². The smallest absolute Gasteiger partial charge is 0.251 e. The van der Waals surface area contributed by atoms with Gasteiger partial charge in [-0.1, -0.05) is 0 Å². The van der Waals surface area contributed by atoms with E-state index < -0.39 is 5.92 Å². The molecular weight excluding hydrogens is 314 g/mol. The minimum Gasteiger partial charge on any atom is -0.390 e. The minimum atomic E-state index is -2.52. The van der Waals surface area contributed by atoms with E-state index in [1.165, 1.54) is 0 Å². The third-order valence-corrected chi connectivity index (χ3v) is 4.52. The lowest BCUT2D eigenvalue weighted by Crippen LogP contribution is -2.25. The summed E-state index contributed by atoms with van der Waals surface area (Å²) in [6, 6.07) is 3.68. The fourth-order valence-electron chi connectivity index (χ4n) is 3.25. The van der Waals surface area contributed by atoms with E-state index in [-0.39, 0.29) is 25.4 Å². The highest BCUT2D eigenvalue weighted by Crippen LogP contribution is 2.37. The van der Waals surface area contributed by atoms with Crippen LogP contribution in [0.15, 0.2) is 12.1 Å². The molecule has 0 saturated heterocycles. The Balaban J connectivity index is 1.83. The Morgan fingerprint density at radius 2 is 1.83 bits per heavy atom. The number of aryl methyl sites for hydroxylation is 2. The zero-order chi connectivity index (χ0) is 17.3. The number of rotatable bonds is 4. The summed E-state index contributed by atoms with van der Waals surface area (Å²) in [6.07, 6.45) is 1.51. The predicted molar refractivity (Wildman–Crippen MR) is 85.2 cm³/mol. The van der Waals surface area contributed by atoms with E-state index >= 15 is 0 Å². The van der Waals surface area contributed by atoms with Gasteiger partial charge in [-0.05, 0) is 51.2 Å². The molecule has 0 atom stereocenters. The summed E-state index contributed by atoms with van der Waals surface area (Å²) >= 11 is 0. The van der Waals surface area contributed by atoms with Crippen LogP contribution in [-0.2, 0) is 13.0 Å². The van der Waals surface area contributed by atoms with Crippen molar-refractivity contribution in [3.8, 4) is 5.95 Å². The average Bonchev–Trinajstić information content (AvgIpc) is 2.88. The number of halogens is 2. The first-order valence-corrected chi connectivity index (χ1v) is 8.25. The first-order chi connectivity index (χ1) is 11.4. The molecule has 0 bridgehead atoms. The highest BCUT2D eigenvalue weighted by molar-refractivity contribution is 5.23. The molecule has 1 saturated carbocycles. The number of alkyl halides is 2. The Kier molecular flexibility index (Phi) is 4.62. The average molecular weight is 336 g/mol. The zero-order valence-electron chi connectivity index (χ0n) is 14.0. The molecule has 24 heavy (non-hydrogen) atoms. The number of aliphatic hydroxyl groups is 1. The van der Waals surface area contributed by atoms with Crippen LogP contribution in [0.1, 0.15) is 48.5 Å². The monoisotopic (exact) mass is 336 g/mol. The topological polar surface area (TPSA) is 63.8 Å². The summed E-state index contributed by atoms with van der Waals surface area (Å²) in [5.74, 6) is -1.91. The summed E-state index contributed by atoms with van der Waals surface area (Å²) in [4.78, 5) is 8.88. The molecule has 2 aromatic rings. The van der Waals surface area contributed by atoms with Gasteiger partial charge in [-0.3, -0.25) is 0 Å². The van der Waals surface area contributed by atoms with Crippen molar-refractivity contribution in [2.45, 2.75) is 58.5 Å². The maximum Gasteiger partial charge on any atom is 0.251 e. The van der Waals surface area contributed by atoms with Crippen LogP contribution < -0.4 is 0 Å². The molecule has 7 heteroatoms. The van der Waals surface area contributed by atoms with Gasteiger partial charge in [0.1, 0.15) is 0 Å². The maximum absolute atomic E-state index is 13.3. The van der Waals surface area contributed by atoms with Gasteiger partial charge in [0.2, 0.25) is 5.92 Å². The highest BCUT2D eigenvalue weighted by Gasteiger charge is 2.35. The second-order valence-corrected chi connectivity index (χ2v) is 6.65. The van der Waals surface area contributed by atoms with E-state index in [1.807, 2.05) is 19.9 Å². The largest absolute Gasteiger partial charge is 0.390 e. The lowest BCUT2D eigenvalue weighted by molar-refractivity contribution is -0.0457. The van der Waals surface area contributed by atoms with Crippen molar-refractivity contribution in [3.05, 3.63) is 34.9 Å². The van der Waals surface area contributed by atoms with Crippen LogP contribution in [0.4, 0.5) is 8.78 Å². The van der Waals surface area contributed by atoms with Crippen LogP contribution in [0.25, 0.3) is 5.95 Å². The summed E-state index contributed by atoms with van der Waals surface area (Å²) < 4.78 is 28.2. The van der Waals surface area contributed by atoms with Crippen LogP contribution in [0.3, 0.4) is 0 Å². The van der Waals surface area contributed by atoms with Crippen LogP contribution in [0, 0.1) is 19.8 Å². The molecule has 1 aliphatic rings. The van der Waals surface area contributed by atoms with Gasteiger partial charge in [0.15, 0.2) is 0 Å². The van der Waals surface area contributed by atoms with Crippen molar-refractivity contribution in [1.29, 1.82) is 0 Å². The van der Waals surface area contributed by atoms with Crippen molar-refractivity contribution in [2.24, 2.45) is 5.92 Å². The standard InChI is InChI=1S/C17H22F2N4O/c1-11-7-12(2)23(22-11)16-20-14(9-15(10-24)21-16)8-13-3-5-17(18,19)6-4-13/h7,9,13,24H,3-6,8,10H2,1-2H3. The second kappa shape index (κ2) is 6.55. The van der Waals surface area contributed by atoms with E-state index in [0.717, 1.165) is 17.1 Å². The van der Waals surface area contributed by atoms with Gasteiger partial charge in [0, 0.05) is 24.2 Å². The number of aliphatic hydroxyl groups excluding tert-OH is 1. The Morgan fingerprint density at radius 1 is 1.17 bits per heavy atom. The quantitative estimate of drug-likeness (QED) is 0.932. The van der Waals surface area contributed by atoms with E-state index in [1.54, 1.807) is 10.7 Å². The van der Waals surface area contributed by atoms with Crippen molar-refractivity contribution in [3.63, 3.8) is 0 Å². The minimum absolute atomic E-state index is 0.0556. The molecule has 1 fully saturated rings. The van der Waals surface area contributed by atoms with Gasteiger partial charge in [0.05, 0.1) is 18.0 Å². The predicted octanol–water partition coefficient (Wildman–Crippen LogP) is 3.14. The fraction of sp³-hybridized carbons (Fsp3) is 0.588. The molecule has 5 nitrogen and oxygen atoms in total. The van der Waals surface area contributed by atoms with Gasteiger partial charge in [-0.25, -0.2) is 23.4 Å². The molecule has 0 unspecified atom stereocenters. The normalized spacial score (nSPS) is 18.0. The molecular formula is C17H22F2N4O. The first-order valence-electron chi connectivity index (χ1n) is 8.25. The molecule has 0 spiro atoms. The molecule has 0 radical (unpaired) electrons. The number of hydrogen-bond donors (Lipinski definition) is 1. The molecule has 130 valence electrons. The fourth-order valence-corrected chi connectivity index (χ4v) is 3.25. The molecule has 1 N–H and O–H groups in total. The van der Waals surface area contributed by atoms with Crippen LogP contribution in [0.5, 0.6) is 0 Å². The van der Waals surface area contributed by atoms with Gasteiger partial charge in [0.25, 0.3) is 5.95 Å². The van der Waals surface area contributed by atoms with E-state index in [9.17, 15) is 13.9 Å². The van der Waals surface area contributed by atoms with E-state index in [0.29, 0.717) is 30.9 Å². The molecule has 3 rings (SSSR count). The van der Waals surface area contributed by atoms with E-state index in [4.69, 9.17) is 0 Å². The highest BCUT2D eigenvalue weighted by atomic mass is 19.3. The van der Waals surface area contributed by atoms with Gasteiger partial charge < -0.3 is 5.11 Å². The van der Waals surface area contributed by atoms with Gasteiger partial charge in [-0.2, -0.15) is 5.10 Å². The lowest BCUT2D eigenvalue weighted by Gasteiger charge is -2.28. The van der Waals surface area contributed by atoms with Crippen LogP contribution >= 0.6 is 0 Å². The third-order valence-electron chi connectivity index (χ3n) is 4.52. The third kappa shape index (κ3) is 3.77. The SMILES string of the molecule is Cc1cc(C)n(-c2nc(CO)cc(CC3CCC(F)(F)CC3)n2)n1. The van der Waals surface area contributed by atoms with Gasteiger partial charge in [-0.15, -0.1) is 0 Å². The van der Waals surface area contributed by atoms with Crippen molar-refractivity contribution in [2.75, 3.05) is 0 Å². The number of hydrogen-bond acceptors (Lipinski definition) is 4. The molecule has 2 aromatic heterocycles. The Bertz CT molecular complexity index is 719. The van der Waals surface area contributed by atoms with E-state index in [2.05, 4.69) is 15.1 Å².